The van der Waals surface area contributed by atoms with Gasteiger partial charge < -0.3 is 33.3 Å². The number of rotatable bonds is 66. The first kappa shape index (κ1) is 81.5. The Hall–Kier alpha value is -3.53. The standard InChI is InChI=1S/C76H135NO8/c1-6-8-10-12-14-16-18-20-22-24-26-28-30-31-32-33-34-35-36-37-38-39-40-41-42-43-45-46-48-50-52-54-56-58-60-62-64-66-73(78)83-70-72(71-84-76(75(80)81)82-69-68-77(3,4)5)85-74(79)67-65-63-61-59-57-55-53-51-49-47-44-29-27-25-23-21-19-17-15-13-11-9-7-2/h9,11,15,17-18,20-21,23-24,26-27,29,47,49,72,76H,6-8,10,12-14,16,19,22,25,28,30-46,48,50-71H2,1-5H3/b11-9-,17-15-,20-18-,23-21-,26-24-,29-27-,49-47-. The van der Waals surface area contributed by atoms with Gasteiger partial charge in [-0.3, -0.25) is 9.59 Å². The Morgan fingerprint density at radius 2 is 0.671 bits per heavy atom. The van der Waals surface area contributed by atoms with Crippen molar-refractivity contribution in [3.8, 4) is 0 Å². The monoisotopic (exact) mass is 1190 g/mol. The summed E-state index contributed by atoms with van der Waals surface area (Å²) >= 11 is 0. The highest BCUT2D eigenvalue weighted by Gasteiger charge is 2.22. The molecule has 0 aromatic heterocycles. The zero-order chi connectivity index (χ0) is 61.9. The minimum atomic E-state index is -1.63. The minimum Gasteiger partial charge on any atom is -0.545 e. The quantitative estimate of drug-likeness (QED) is 0.0195. The second-order valence-corrected chi connectivity index (χ2v) is 25.1. The van der Waals surface area contributed by atoms with Crippen LogP contribution in [-0.4, -0.2) is 82.3 Å². The van der Waals surface area contributed by atoms with Crippen LogP contribution >= 0.6 is 0 Å². The van der Waals surface area contributed by atoms with Gasteiger partial charge in [-0.25, -0.2) is 0 Å². The maximum atomic E-state index is 12.9. The molecule has 0 fully saturated rings. The second kappa shape index (κ2) is 66.4. The summed E-state index contributed by atoms with van der Waals surface area (Å²) in [6, 6.07) is 0. The van der Waals surface area contributed by atoms with E-state index in [1.54, 1.807) is 0 Å². The summed E-state index contributed by atoms with van der Waals surface area (Å²) in [6.07, 6.45) is 86.8. The van der Waals surface area contributed by atoms with Gasteiger partial charge in [0.05, 0.1) is 40.3 Å². The average Bonchev–Trinajstić information content (AvgIpc) is 3.49. The average molecular weight is 1190 g/mol. The van der Waals surface area contributed by atoms with Gasteiger partial charge in [0.1, 0.15) is 13.2 Å². The number of esters is 2. The molecule has 0 aliphatic rings. The second-order valence-electron chi connectivity index (χ2n) is 25.1. The highest BCUT2D eigenvalue weighted by atomic mass is 16.7. The Bertz CT molecular complexity index is 1670. The van der Waals surface area contributed by atoms with Crippen molar-refractivity contribution < 1.29 is 42.9 Å². The van der Waals surface area contributed by atoms with E-state index in [2.05, 4.69) is 98.9 Å². The number of quaternary nitrogens is 1. The van der Waals surface area contributed by atoms with Crippen molar-refractivity contribution in [2.45, 2.75) is 334 Å². The zero-order valence-electron chi connectivity index (χ0n) is 56.2. The van der Waals surface area contributed by atoms with Crippen molar-refractivity contribution in [1.82, 2.24) is 0 Å². The number of ether oxygens (including phenoxy) is 4. The van der Waals surface area contributed by atoms with Crippen molar-refractivity contribution in [1.29, 1.82) is 0 Å². The number of likely N-dealkylation sites (N-methyl/N-ethyl adjacent to an activating group) is 1. The van der Waals surface area contributed by atoms with Crippen molar-refractivity contribution >= 4 is 17.9 Å². The van der Waals surface area contributed by atoms with Gasteiger partial charge in [0, 0.05) is 12.8 Å². The molecule has 0 N–H and O–H groups in total. The topological polar surface area (TPSA) is 111 Å². The highest BCUT2D eigenvalue weighted by molar-refractivity contribution is 5.70. The van der Waals surface area contributed by atoms with Crippen LogP contribution in [0.5, 0.6) is 0 Å². The molecule has 0 aliphatic carbocycles. The fourth-order valence-corrected chi connectivity index (χ4v) is 10.2. The lowest BCUT2D eigenvalue weighted by atomic mass is 10.0. The van der Waals surface area contributed by atoms with Crippen LogP contribution < -0.4 is 5.11 Å². The van der Waals surface area contributed by atoms with E-state index >= 15 is 0 Å². The number of carbonyl (C=O) groups is 3. The van der Waals surface area contributed by atoms with Crippen molar-refractivity contribution in [3.63, 3.8) is 0 Å². The molecule has 9 nitrogen and oxygen atoms in total. The van der Waals surface area contributed by atoms with Crippen LogP contribution in [0.3, 0.4) is 0 Å². The molecule has 85 heavy (non-hydrogen) atoms. The Balaban J connectivity index is 4.03. The molecular formula is C76H135NO8. The van der Waals surface area contributed by atoms with Crippen LogP contribution in [0, 0.1) is 0 Å². The molecule has 492 valence electrons. The summed E-state index contributed by atoms with van der Waals surface area (Å²) in [5.41, 5.74) is 0. The molecule has 2 atom stereocenters. The molecule has 0 aromatic carbocycles. The molecule has 0 radical (unpaired) electrons. The van der Waals surface area contributed by atoms with Crippen LogP contribution in [0.4, 0.5) is 0 Å². The van der Waals surface area contributed by atoms with E-state index in [0.717, 1.165) is 83.5 Å². The number of unbranched alkanes of at least 4 members (excludes halogenated alkanes) is 37. The molecule has 0 rings (SSSR count). The van der Waals surface area contributed by atoms with Gasteiger partial charge in [-0.05, 0) is 89.9 Å². The maximum Gasteiger partial charge on any atom is 0.306 e. The molecule has 9 heteroatoms. The van der Waals surface area contributed by atoms with Crippen molar-refractivity contribution in [2.24, 2.45) is 0 Å². The Morgan fingerprint density at radius 1 is 0.365 bits per heavy atom. The molecular weight excluding hydrogens is 1050 g/mol. The lowest BCUT2D eigenvalue weighted by molar-refractivity contribution is -0.870. The highest BCUT2D eigenvalue weighted by Crippen LogP contribution is 2.18. The summed E-state index contributed by atoms with van der Waals surface area (Å²) in [7, 11) is 5.93. The van der Waals surface area contributed by atoms with Gasteiger partial charge in [0.15, 0.2) is 12.4 Å². The molecule has 0 saturated carbocycles. The normalized spacial score (nSPS) is 13.2. The molecule has 0 aliphatic heterocycles. The third-order valence-corrected chi connectivity index (χ3v) is 15.6. The summed E-state index contributed by atoms with van der Waals surface area (Å²) in [5, 5.41) is 11.8. The lowest BCUT2D eigenvalue weighted by Gasteiger charge is -2.26. The lowest BCUT2D eigenvalue weighted by Crippen LogP contribution is -2.44. The number of nitrogens with zero attached hydrogens (tertiary/aromatic N) is 1. The van der Waals surface area contributed by atoms with E-state index in [-0.39, 0.29) is 38.6 Å². The SMILES string of the molecule is CC/C=C\C/C=C\C/C=C\C/C=C\C/C=C\CCCCCCCCCC(=O)OC(COC(=O)CCCCCCCCCCCCCCCCCCCCCCCCCCC/C=C\C/C=C\CCCCCCC)COC(OCC[N+](C)(C)C)C(=O)[O-]. The molecule has 0 amide bonds. The van der Waals surface area contributed by atoms with Crippen molar-refractivity contribution in [3.05, 3.63) is 85.1 Å². The van der Waals surface area contributed by atoms with Gasteiger partial charge >= 0.3 is 11.9 Å². The predicted octanol–water partition coefficient (Wildman–Crippen LogP) is 20.9. The number of hydrogen-bond acceptors (Lipinski definition) is 8. The van der Waals surface area contributed by atoms with Gasteiger partial charge in [-0.1, -0.05) is 304 Å². The molecule has 0 bridgehead atoms. The number of hydrogen-bond donors (Lipinski definition) is 0. The van der Waals surface area contributed by atoms with Crippen LogP contribution in [-0.2, 0) is 33.3 Å². The molecule has 0 spiro atoms. The number of allylic oxidation sites excluding steroid dienone is 14. The summed E-state index contributed by atoms with van der Waals surface area (Å²) < 4.78 is 22.8. The van der Waals surface area contributed by atoms with E-state index in [4.69, 9.17) is 18.9 Å². The van der Waals surface area contributed by atoms with Crippen LogP contribution in [0.1, 0.15) is 322 Å². The zero-order valence-corrected chi connectivity index (χ0v) is 56.2. The molecule has 0 saturated heterocycles. The van der Waals surface area contributed by atoms with E-state index in [1.165, 1.54) is 205 Å². The number of carboxylic acids is 1. The third kappa shape index (κ3) is 67.8. The fraction of sp³-hybridized carbons (Fsp3) is 0.776. The van der Waals surface area contributed by atoms with Crippen LogP contribution in [0.15, 0.2) is 85.1 Å². The van der Waals surface area contributed by atoms with Crippen LogP contribution in [0.2, 0.25) is 0 Å². The van der Waals surface area contributed by atoms with E-state index in [0.29, 0.717) is 17.4 Å². The minimum absolute atomic E-state index is 0.143. The number of aliphatic carboxylic acids is 1. The smallest absolute Gasteiger partial charge is 0.306 e. The first-order valence-electron chi connectivity index (χ1n) is 35.7. The van der Waals surface area contributed by atoms with E-state index in [1.807, 2.05) is 21.1 Å². The van der Waals surface area contributed by atoms with Gasteiger partial charge in [-0.2, -0.15) is 0 Å². The largest absolute Gasteiger partial charge is 0.545 e. The molecule has 0 aromatic rings. The van der Waals surface area contributed by atoms with Gasteiger partial charge in [0.25, 0.3) is 0 Å². The predicted molar refractivity (Wildman–Crippen MR) is 361 cm³/mol. The number of carbonyl (C=O) groups excluding carboxylic acids is 3. The Labute approximate surface area is 525 Å². The van der Waals surface area contributed by atoms with E-state index < -0.39 is 24.3 Å². The maximum absolute atomic E-state index is 12.9. The molecule has 0 heterocycles. The van der Waals surface area contributed by atoms with Gasteiger partial charge in [-0.15, -0.1) is 0 Å². The first-order chi connectivity index (χ1) is 41.6. The summed E-state index contributed by atoms with van der Waals surface area (Å²) in [6.45, 7) is 4.64. The third-order valence-electron chi connectivity index (χ3n) is 15.6. The fourth-order valence-electron chi connectivity index (χ4n) is 10.2. The van der Waals surface area contributed by atoms with Crippen LogP contribution in [0.25, 0.3) is 0 Å². The Morgan fingerprint density at radius 3 is 1.00 bits per heavy atom. The Kier molecular flexibility index (Phi) is 63.7. The van der Waals surface area contributed by atoms with Crippen molar-refractivity contribution in [2.75, 3.05) is 47.5 Å². The summed E-state index contributed by atoms with van der Waals surface area (Å²) in [5.74, 6) is -2.29. The summed E-state index contributed by atoms with van der Waals surface area (Å²) in [4.78, 5) is 37.5. The first-order valence-corrected chi connectivity index (χ1v) is 35.7. The van der Waals surface area contributed by atoms with Gasteiger partial charge in [0.2, 0.25) is 0 Å². The number of carboxylic acid groups (broad SMARTS) is 1. The van der Waals surface area contributed by atoms with E-state index in [9.17, 15) is 19.5 Å². The molecule has 2 unspecified atom stereocenters.